The minimum Gasteiger partial charge on any atom is -0.497 e. The number of benzene rings is 3. The Morgan fingerprint density at radius 2 is 1.74 bits per heavy atom. The molecule has 1 heterocycles. The lowest BCUT2D eigenvalue weighted by Gasteiger charge is -2.20. The highest BCUT2D eigenvalue weighted by Crippen LogP contribution is 2.38. The summed E-state index contributed by atoms with van der Waals surface area (Å²) in [6.45, 7) is 0. The van der Waals surface area contributed by atoms with Crippen molar-refractivity contribution in [2.45, 2.75) is 0 Å². The van der Waals surface area contributed by atoms with E-state index < -0.39 is 0 Å². The van der Waals surface area contributed by atoms with E-state index in [0.717, 1.165) is 32.2 Å². The Balaban J connectivity index is 1.82. The standard InChI is InChI=1S/C22H18N2O2S/c1-24(22(25)15-8-4-3-5-9-15)19-13-12-16(26-2)14-17(19)21-23-18-10-6-7-11-20(18)27-21/h3-14H,1-2H3. The largest absolute Gasteiger partial charge is 0.497 e. The fraction of sp³-hybridized carbons (Fsp3) is 0.0909. The highest BCUT2D eigenvalue weighted by molar-refractivity contribution is 7.21. The second kappa shape index (κ2) is 7.21. The van der Waals surface area contributed by atoms with Crippen LogP contribution < -0.4 is 9.64 Å². The predicted molar refractivity (Wildman–Crippen MR) is 111 cm³/mol. The van der Waals surface area contributed by atoms with Crippen molar-refractivity contribution in [2.24, 2.45) is 0 Å². The number of anilines is 1. The van der Waals surface area contributed by atoms with Crippen LogP contribution in [0.2, 0.25) is 0 Å². The third-order valence-electron chi connectivity index (χ3n) is 4.41. The molecule has 1 aromatic heterocycles. The Bertz CT molecular complexity index is 1070. The maximum Gasteiger partial charge on any atom is 0.258 e. The van der Waals surface area contributed by atoms with E-state index in [1.807, 2.05) is 66.7 Å². The van der Waals surface area contributed by atoms with Gasteiger partial charge in [-0.2, -0.15) is 0 Å². The minimum atomic E-state index is -0.0665. The van der Waals surface area contributed by atoms with Gasteiger partial charge in [0, 0.05) is 18.2 Å². The van der Waals surface area contributed by atoms with Crippen LogP contribution in [0.1, 0.15) is 10.4 Å². The second-order valence-electron chi connectivity index (χ2n) is 6.10. The molecule has 5 heteroatoms. The van der Waals surface area contributed by atoms with Crippen LogP contribution in [0.5, 0.6) is 5.75 Å². The number of thiazole rings is 1. The van der Waals surface area contributed by atoms with Crippen molar-refractivity contribution in [1.29, 1.82) is 0 Å². The van der Waals surface area contributed by atoms with E-state index in [1.165, 1.54) is 0 Å². The number of methoxy groups -OCH3 is 1. The van der Waals surface area contributed by atoms with Gasteiger partial charge in [0.05, 0.1) is 23.0 Å². The third-order valence-corrected chi connectivity index (χ3v) is 5.48. The first-order valence-corrected chi connectivity index (χ1v) is 9.36. The molecule has 3 aromatic carbocycles. The number of amides is 1. The average molecular weight is 374 g/mol. The van der Waals surface area contributed by atoms with Crippen LogP contribution in [-0.4, -0.2) is 25.0 Å². The Labute approximate surface area is 161 Å². The van der Waals surface area contributed by atoms with E-state index in [1.54, 1.807) is 30.4 Å². The lowest BCUT2D eigenvalue weighted by Crippen LogP contribution is -2.26. The molecule has 0 unspecified atom stereocenters. The number of hydrogen-bond acceptors (Lipinski definition) is 4. The normalized spacial score (nSPS) is 10.7. The van der Waals surface area contributed by atoms with Crippen molar-refractivity contribution in [3.8, 4) is 16.3 Å². The first-order valence-electron chi connectivity index (χ1n) is 8.54. The molecular formula is C22H18N2O2S. The van der Waals surface area contributed by atoms with Crippen molar-refractivity contribution < 1.29 is 9.53 Å². The topological polar surface area (TPSA) is 42.4 Å². The molecule has 134 valence electrons. The highest BCUT2D eigenvalue weighted by Gasteiger charge is 2.19. The van der Waals surface area contributed by atoms with Gasteiger partial charge in [-0.1, -0.05) is 30.3 Å². The van der Waals surface area contributed by atoms with Crippen LogP contribution in [0.25, 0.3) is 20.8 Å². The minimum absolute atomic E-state index is 0.0665. The number of carbonyl (C=O) groups is 1. The molecule has 27 heavy (non-hydrogen) atoms. The van der Waals surface area contributed by atoms with Gasteiger partial charge in [-0.05, 0) is 42.5 Å². The Kier molecular flexibility index (Phi) is 4.60. The number of ether oxygens (including phenoxy) is 1. The average Bonchev–Trinajstić information content (AvgIpc) is 3.17. The Morgan fingerprint density at radius 1 is 1.00 bits per heavy atom. The summed E-state index contributed by atoms with van der Waals surface area (Å²) in [5, 5.41) is 0.859. The molecule has 0 atom stereocenters. The molecule has 0 aliphatic heterocycles. The molecule has 0 radical (unpaired) electrons. The van der Waals surface area contributed by atoms with E-state index >= 15 is 0 Å². The van der Waals surface area contributed by atoms with Gasteiger partial charge >= 0.3 is 0 Å². The van der Waals surface area contributed by atoms with E-state index in [9.17, 15) is 4.79 Å². The number of carbonyl (C=O) groups excluding carboxylic acids is 1. The van der Waals surface area contributed by atoms with Gasteiger partial charge in [-0.25, -0.2) is 4.98 Å². The summed E-state index contributed by atoms with van der Waals surface area (Å²) in [6.07, 6.45) is 0. The zero-order valence-corrected chi connectivity index (χ0v) is 15.9. The molecule has 0 saturated heterocycles. The zero-order chi connectivity index (χ0) is 18.8. The van der Waals surface area contributed by atoms with E-state index in [0.29, 0.717) is 5.56 Å². The molecule has 0 saturated carbocycles. The van der Waals surface area contributed by atoms with Gasteiger partial charge in [0.15, 0.2) is 0 Å². The van der Waals surface area contributed by atoms with E-state index in [4.69, 9.17) is 9.72 Å². The monoisotopic (exact) mass is 374 g/mol. The van der Waals surface area contributed by atoms with Gasteiger partial charge in [0.25, 0.3) is 5.91 Å². The van der Waals surface area contributed by atoms with Gasteiger partial charge < -0.3 is 9.64 Å². The molecular weight excluding hydrogens is 356 g/mol. The first kappa shape index (κ1) is 17.2. The first-order chi connectivity index (χ1) is 13.2. The van der Waals surface area contributed by atoms with Crippen molar-refractivity contribution >= 4 is 33.1 Å². The second-order valence-corrected chi connectivity index (χ2v) is 7.13. The summed E-state index contributed by atoms with van der Waals surface area (Å²) in [4.78, 5) is 19.4. The lowest BCUT2D eigenvalue weighted by atomic mass is 10.1. The van der Waals surface area contributed by atoms with E-state index in [-0.39, 0.29) is 5.91 Å². The Morgan fingerprint density at radius 3 is 2.48 bits per heavy atom. The summed E-state index contributed by atoms with van der Waals surface area (Å²) in [5.41, 5.74) is 3.26. The van der Waals surface area contributed by atoms with Crippen LogP contribution in [0, 0.1) is 0 Å². The number of rotatable bonds is 4. The fourth-order valence-corrected chi connectivity index (χ4v) is 3.97. The predicted octanol–water partition coefficient (Wildman–Crippen LogP) is 5.25. The molecule has 4 aromatic rings. The van der Waals surface area contributed by atoms with Crippen LogP contribution in [-0.2, 0) is 0 Å². The van der Waals surface area contributed by atoms with Crippen molar-refractivity contribution in [1.82, 2.24) is 4.98 Å². The van der Waals surface area contributed by atoms with Gasteiger partial charge in [-0.3, -0.25) is 4.79 Å². The summed E-state index contributed by atoms with van der Waals surface area (Å²) in [5.74, 6) is 0.664. The molecule has 4 rings (SSSR count). The Hall–Kier alpha value is -3.18. The smallest absolute Gasteiger partial charge is 0.258 e. The molecule has 0 spiro atoms. The molecule has 0 N–H and O–H groups in total. The van der Waals surface area contributed by atoms with Gasteiger partial charge in [0.2, 0.25) is 0 Å². The summed E-state index contributed by atoms with van der Waals surface area (Å²) in [6, 6.07) is 23.0. The summed E-state index contributed by atoms with van der Waals surface area (Å²) < 4.78 is 6.51. The van der Waals surface area contributed by atoms with Crippen LogP contribution in [0.15, 0.2) is 72.8 Å². The third kappa shape index (κ3) is 3.29. The quantitative estimate of drug-likeness (QED) is 0.490. The molecule has 0 bridgehead atoms. The molecule has 4 nitrogen and oxygen atoms in total. The fourth-order valence-electron chi connectivity index (χ4n) is 2.98. The van der Waals surface area contributed by atoms with Crippen molar-refractivity contribution in [2.75, 3.05) is 19.1 Å². The number of fused-ring (bicyclic) bond motifs is 1. The lowest BCUT2D eigenvalue weighted by molar-refractivity contribution is 0.0993. The van der Waals surface area contributed by atoms with Crippen molar-refractivity contribution in [3.05, 3.63) is 78.4 Å². The van der Waals surface area contributed by atoms with Gasteiger partial charge in [-0.15, -0.1) is 11.3 Å². The van der Waals surface area contributed by atoms with Crippen LogP contribution in [0.4, 0.5) is 5.69 Å². The highest BCUT2D eigenvalue weighted by atomic mass is 32.1. The van der Waals surface area contributed by atoms with Crippen molar-refractivity contribution in [3.63, 3.8) is 0 Å². The SMILES string of the molecule is COc1ccc(N(C)C(=O)c2ccccc2)c(-c2nc3ccccc3s2)c1. The molecule has 1 amide bonds. The van der Waals surface area contributed by atoms with Crippen LogP contribution in [0.3, 0.4) is 0 Å². The molecule has 0 fully saturated rings. The number of hydrogen-bond donors (Lipinski definition) is 0. The summed E-state index contributed by atoms with van der Waals surface area (Å²) in [7, 11) is 3.42. The maximum atomic E-state index is 12.9. The number of aromatic nitrogens is 1. The molecule has 0 aliphatic rings. The van der Waals surface area contributed by atoms with Crippen LogP contribution >= 0.6 is 11.3 Å². The number of nitrogens with zero attached hydrogens (tertiary/aromatic N) is 2. The zero-order valence-electron chi connectivity index (χ0n) is 15.0. The number of para-hydroxylation sites is 1. The molecule has 0 aliphatic carbocycles. The maximum absolute atomic E-state index is 12.9. The summed E-state index contributed by atoms with van der Waals surface area (Å²) >= 11 is 1.60. The van der Waals surface area contributed by atoms with Gasteiger partial charge in [0.1, 0.15) is 10.8 Å². The van der Waals surface area contributed by atoms with E-state index in [2.05, 4.69) is 6.07 Å².